The predicted octanol–water partition coefficient (Wildman–Crippen LogP) is -1.26. The van der Waals surface area contributed by atoms with Gasteiger partial charge in [-0.15, -0.1) is 13.2 Å². The van der Waals surface area contributed by atoms with Gasteiger partial charge in [-0.2, -0.15) is 0 Å². The molecule has 0 saturated heterocycles. The van der Waals surface area contributed by atoms with E-state index in [2.05, 4.69) is 13.2 Å². The molecule has 0 unspecified atom stereocenters. The Bertz CT molecular complexity index is 55.0. The summed E-state index contributed by atoms with van der Waals surface area (Å²) < 4.78 is 0. The second-order valence-corrected chi connectivity index (χ2v) is 0.747. The Morgan fingerprint density at radius 3 is 1.67 bits per heavy atom. The van der Waals surface area contributed by atoms with Gasteiger partial charge in [0.2, 0.25) is 0 Å². The third-order valence-electron chi connectivity index (χ3n) is 0.302. The standard InChI is InChI=1S/C3H6O2.C2H4.CH3.Na/c1-2-3(4)5;1-2;;/h2H2,1H3,(H,4,5);1-2H2;1H3;/q;;-1;+1. The summed E-state index contributed by atoms with van der Waals surface area (Å²) in [6, 6.07) is 0. The van der Waals surface area contributed by atoms with Crippen LogP contribution in [0.2, 0.25) is 0 Å². The van der Waals surface area contributed by atoms with Crippen LogP contribution in [0.15, 0.2) is 13.2 Å². The van der Waals surface area contributed by atoms with E-state index in [1.54, 1.807) is 6.92 Å². The van der Waals surface area contributed by atoms with Crippen LogP contribution in [-0.2, 0) is 4.79 Å². The molecule has 0 amide bonds. The minimum atomic E-state index is -0.745. The van der Waals surface area contributed by atoms with Gasteiger partial charge in [-0.05, 0) is 0 Å². The zero-order valence-electron chi connectivity index (χ0n) is 6.48. The zero-order valence-corrected chi connectivity index (χ0v) is 8.48. The van der Waals surface area contributed by atoms with Crippen molar-refractivity contribution in [3.63, 3.8) is 0 Å². The van der Waals surface area contributed by atoms with Crippen LogP contribution >= 0.6 is 0 Å². The first kappa shape index (κ1) is 22.9. The van der Waals surface area contributed by atoms with Gasteiger partial charge in [0.25, 0.3) is 0 Å². The predicted molar refractivity (Wildman–Crippen MR) is 35.6 cm³/mol. The van der Waals surface area contributed by atoms with E-state index in [0.717, 1.165) is 0 Å². The normalized spacial score (nSPS) is 4.56. The van der Waals surface area contributed by atoms with Gasteiger partial charge in [-0.1, -0.05) is 6.92 Å². The summed E-state index contributed by atoms with van der Waals surface area (Å²) in [5.74, 6) is -0.745. The van der Waals surface area contributed by atoms with E-state index in [0.29, 0.717) is 0 Å². The van der Waals surface area contributed by atoms with Gasteiger partial charge in [0.05, 0.1) is 0 Å². The number of carboxylic acids is 1. The topological polar surface area (TPSA) is 37.3 Å². The fourth-order valence-corrected chi connectivity index (χ4v) is 0. The summed E-state index contributed by atoms with van der Waals surface area (Å²) in [7, 11) is 0. The maximum atomic E-state index is 9.37. The number of carbonyl (C=O) groups is 1. The van der Waals surface area contributed by atoms with Crippen LogP contribution in [0.4, 0.5) is 0 Å². The second-order valence-electron chi connectivity index (χ2n) is 0.747. The number of carboxylic acid groups (broad SMARTS) is 1. The molecule has 9 heavy (non-hydrogen) atoms. The molecule has 0 aromatic rings. The molecule has 0 aliphatic rings. The molecular formula is C6H13NaO2. The molecule has 3 heteroatoms. The third-order valence-corrected chi connectivity index (χ3v) is 0.302. The maximum Gasteiger partial charge on any atom is 1.00 e. The van der Waals surface area contributed by atoms with Crippen molar-refractivity contribution in [3.05, 3.63) is 20.6 Å². The summed E-state index contributed by atoms with van der Waals surface area (Å²) in [6.45, 7) is 7.60. The number of aliphatic carboxylic acids is 1. The molecule has 0 bridgehead atoms. The van der Waals surface area contributed by atoms with E-state index in [4.69, 9.17) is 5.11 Å². The SMILES string of the molecule is C=C.CCC(=O)O.[CH3-].[Na+]. The summed E-state index contributed by atoms with van der Waals surface area (Å²) in [5.41, 5.74) is 0. The summed E-state index contributed by atoms with van der Waals surface area (Å²) >= 11 is 0. The Morgan fingerprint density at radius 2 is 1.67 bits per heavy atom. The van der Waals surface area contributed by atoms with Gasteiger partial charge < -0.3 is 12.5 Å². The molecule has 0 aromatic carbocycles. The molecule has 0 aliphatic heterocycles. The summed E-state index contributed by atoms with van der Waals surface area (Å²) in [6.07, 6.45) is 0.222. The fourth-order valence-electron chi connectivity index (χ4n) is 0. The van der Waals surface area contributed by atoms with Gasteiger partial charge in [0, 0.05) is 6.42 Å². The van der Waals surface area contributed by atoms with Crippen molar-refractivity contribution in [1.29, 1.82) is 0 Å². The molecule has 0 saturated carbocycles. The quantitative estimate of drug-likeness (QED) is 0.280. The van der Waals surface area contributed by atoms with Crippen molar-refractivity contribution in [3.8, 4) is 0 Å². The summed E-state index contributed by atoms with van der Waals surface area (Å²) in [5, 5.41) is 7.72. The van der Waals surface area contributed by atoms with Crippen LogP contribution < -0.4 is 29.6 Å². The minimum Gasteiger partial charge on any atom is -0.481 e. The molecule has 0 radical (unpaired) electrons. The Labute approximate surface area is 79.3 Å². The maximum absolute atomic E-state index is 9.37. The third kappa shape index (κ3) is 64.8. The van der Waals surface area contributed by atoms with Gasteiger partial charge in [0.1, 0.15) is 0 Å². The first-order valence-corrected chi connectivity index (χ1v) is 1.99. The first-order valence-electron chi connectivity index (χ1n) is 1.99. The Balaban J connectivity index is -0.0000000286. The van der Waals surface area contributed by atoms with Gasteiger partial charge in [-0.25, -0.2) is 0 Å². The average molecular weight is 140 g/mol. The monoisotopic (exact) mass is 140 g/mol. The second kappa shape index (κ2) is 24.1. The largest absolute Gasteiger partial charge is 1.00 e. The van der Waals surface area contributed by atoms with Gasteiger partial charge in [-0.3, -0.25) is 4.79 Å². The molecule has 50 valence electrons. The molecule has 2 nitrogen and oxygen atoms in total. The van der Waals surface area contributed by atoms with Crippen LogP contribution in [-0.4, -0.2) is 11.1 Å². The molecule has 0 rings (SSSR count). The number of hydrogen-bond donors (Lipinski definition) is 1. The average Bonchev–Trinajstić information content (AvgIpc) is 1.73. The molecule has 0 spiro atoms. The Kier molecular flexibility index (Phi) is 61.2. The van der Waals surface area contributed by atoms with Crippen molar-refractivity contribution in [1.82, 2.24) is 0 Å². The smallest absolute Gasteiger partial charge is 0.481 e. The minimum absolute atomic E-state index is 0. The van der Waals surface area contributed by atoms with Crippen LogP contribution in [0.25, 0.3) is 0 Å². The fraction of sp³-hybridized carbons (Fsp3) is 0.333. The molecule has 0 fully saturated rings. The van der Waals surface area contributed by atoms with Crippen LogP contribution in [0.1, 0.15) is 13.3 Å². The Hall–Kier alpha value is 0.210. The zero-order chi connectivity index (χ0) is 6.28. The van der Waals surface area contributed by atoms with Crippen LogP contribution in [0, 0.1) is 7.43 Å². The first-order chi connectivity index (χ1) is 3.27. The van der Waals surface area contributed by atoms with Gasteiger partial charge in [0.15, 0.2) is 0 Å². The molecule has 0 aliphatic carbocycles. The van der Waals surface area contributed by atoms with E-state index < -0.39 is 5.97 Å². The van der Waals surface area contributed by atoms with E-state index in [9.17, 15) is 4.79 Å². The van der Waals surface area contributed by atoms with Crippen molar-refractivity contribution in [2.24, 2.45) is 0 Å². The van der Waals surface area contributed by atoms with E-state index in [1.165, 1.54) is 0 Å². The molecular weight excluding hydrogens is 127 g/mol. The van der Waals surface area contributed by atoms with Crippen molar-refractivity contribution in [2.75, 3.05) is 0 Å². The van der Waals surface area contributed by atoms with Crippen LogP contribution in [0.3, 0.4) is 0 Å². The summed E-state index contributed by atoms with van der Waals surface area (Å²) in [4.78, 5) is 9.37. The molecule has 0 aromatic heterocycles. The number of rotatable bonds is 1. The molecule has 0 atom stereocenters. The van der Waals surface area contributed by atoms with E-state index in [1.807, 2.05) is 0 Å². The van der Waals surface area contributed by atoms with Crippen molar-refractivity contribution in [2.45, 2.75) is 13.3 Å². The van der Waals surface area contributed by atoms with E-state index in [-0.39, 0.29) is 43.4 Å². The van der Waals surface area contributed by atoms with Crippen molar-refractivity contribution >= 4 is 5.97 Å². The molecule has 1 N–H and O–H groups in total. The van der Waals surface area contributed by atoms with Crippen LogP contribution in [0.5, 0.6) is 0 Å². The van der Waals surface area contributed by atoms with Gasteiger partial charge >= 0.3 is 35.5 Å². The molecule has 0 heterocycles. The number of hydrogen-bond acceptors (Lipinski definition) is 1. The van der Waals surface area contributed by atoms with Crippen molar-refractivity contribution < 1.29 is 39.5 Å². The Morgan fingerprint density at radius 1 is 1.56 bits per heavy atom. The van der Waals surface area contributed by atoms with E-state index >= 15 is 0 Å².